The molecule has 3 N–H and O–H groups in total. The summed E-state index contributed by atoms with van der Waals surface area (Å²) < 4.78 is 0. The van der Waals surface area contributed by atoms with Crippen LogP contribution in [-0.4, -0.2) is 29.1 Å². The number of hydrogen-bond acceptors (Lipinski definition) is 5. The molecule has 0 fully saturated rings. The molecule has 0 saturated heterocycles. The van der Waals surface area contributed by atoms with E-state index in [9.17, 15) is 4.79 Å². The molecule has 0 aliphatic heterocycles. The summed E-state index contributed by atoms with van der Waals surface area (Å²) in [4.78, 5) is 17.2. The fourth-order valence-electron chi connectivity index (χ4n) is 2.03. The van der Waals surface area contributed by atoms with E-state index in [2.05, 4.69) is 22.5 Å². The van der Waals surface area contributed by atoms with Crippen LogP contribution in [0, 0.1) is 6.92 Å². The summed E-state index contributed by atoms with van der Waals surface area (Å²) in [5, 5.41) is 14.7. The number of nitrogens with one attached hydrogen (secondary N) is 2. The first-order chi connectivity index (χ1) is 10.1. The van der Waals surface area contributed by atoms with Gasteiger partial charge in [0.1, 0.15) is 0 Å². The Morgan fingerprint density at radius 2 is 2.10 bits per heavy atom. The van der Waals surface area contributed by atoms with Crippen molar-refractivity contribution >= 4 is 22.9 Å². The zero-order chi connectivity index (χ0) is 15.2. The normalized spacial score (nSPS) is 12.0. The molecule has 2 rings (SSSR count). The van der Waals surface area contributed by atoms with Crippen molar-refractivity contribution in [3.8, 4) is 0 Å². The van der Waals surface area contributed by atoms with Crippen LogP contribution in [0.2, 0.25) is 0 Å². The third-order valence-electron chi connectivity index (χ3n) is 3.10. The van der Waals surface area contributed by atoms with E-state index in [4.69, 9.17) is 5.11 Å². The highest BCUT2D eigenvalue weighted by molar-refractivity contribution is 7.09. The van der Waals surface area contributed by atoms with Crippen LogP contribution in [0.1, 0.15) is 33.9 Å². The third-order valence-corrected chi connectivity index (χ3v) is 4.22. The number of aryl methyl sites for hydroxylation is 1. The SMILES string of the molecule is Cc1ncsc1C(C)Nc1ccc(C(=O)NCCO)cc1. The first-order valence-corrected chi connectivity index (χ1v) is 7.65. The van der Waals surface area contributed by atoms with Crippen LogP contribution < -0.4 is 10.6 Å². The molecule has 112 valence electrons. The number of aromatic nitrogens is 1. The molecule has 0 aliphatic carbocycles. The fraction of sp³-hybridized carbons (Fsp3) is 0.333. The van der Waals surface area contributed by atoms with Gasteiger partial charge in [-0.05, 0) is 38.1 Å². The van der Waals surface area contributed by atoms with Gasteiger partial charge < -0.3 is 15.7 Å². The maximum atomic E-state index is 11.7. The molecule has 0 aliphatic rings. The molecule has 1 aromatic heterocycles. The average molecular weight is 305 g/mol. The summed E-state index contributed by atoms with van der Waals surface area (Å²) in [5.74, 6) is -0.179. The van der Waals surface area contributed by atoms with Crippen LogP contribution in [0.15, 0.2) is 29.8 Å². The molecule has 1 unspecified atom stereocenters. The Morgan fingerprint density at radius 1 is 1.38 bits per heavy atom. The number of rotatable bonds is 6. The van der Waals surface area contributed by atoms with Gasteiger partial charge in [0.15, 0.2) is 0 Å². The molecule has 1 amide bonds. The highest BCUT2D eigenvalue weighted by atomic mass is 32.1. The maximum absolute atomic E-state index is 11.7. The number of amides is 1. The Hall–Kier alpha value is -1.92. The predicted octanol–water partition coefficient (Wildman–Crippen LogP) is 2.35. The molecular formula is C15H19N3O2S. The number of aliphatic hydroxyl groups excluding tert-OH is 1. The summed E-state index contributed by atoms with van der Waals surface area (Å²) in [7, 11) is 0. The van der Waals surface area contributed by atoms with Crippen molar-refractivity contribution in [2.45, 2.75) is 19.9 Å². The van der Waals surface area contributed by atoms with Crippen molar-refractivity contribution in [3.63, 3.8) is 0 Å². The number of benzene rings is 1. The lowest BCUT2D eigenvalue weighted by Crippen LogP contribution is -2.26. The van der Waals surface area contributed by atoms with Crippen LogP contribution >= 0.6 is 11.3 Å². The van der Waals surface area contributed by atoms with Gasteiger partial charge in [-0.2, -0.15) is 0 Å². The summed E-state index contributed by atoms with van der Waals surface area (Å²) >= 11 is 1.63. The molecule has 0 saturated carbocycles. The Labute approximate surface area is 128 Å². The Bertz CT molecular complexity index is 595. The maximum Gasteiger partial charge on any atom is 0.251 e. The average Bonchev–Trinajstić information content (AvgIpc) is 2.91. The lowest BCUT2D eigenvalue weighted by molar-refractivity contribution is 0.0945. The van der Waals surface area contributed by atoms with Crippen LogP contribution in [0.3, 0.4) is 0 Å². The van der Waals surface area contributed by atoms with Crippen molar-refractivity contribution in [1.82, 2.24) is 10.3 Å². The van der Waals surface area contributed by atoms with Gasteiger partial charge in [-0.1, -0.05) is 0 Å². The molecule has 1 heterocycles. The molecule has 1 atom stereocenters. The highest BCUT2D eigenvalue weighted by Gasteiger charge is 2.11. The molecule has 5 nitrogen and oxygen atoms in total. The minimum atomic E-state index is -0.179. The minimum Gasteiger partial charge on any atom is -0.395 e. The van der Waals surface area contributed by atoms with Gasteiger partial charge in [0.25, 0.3) is 5.91 Å². The number of thiazole rings is 1. The first kappa shape index (κ1) is 15.5. The molecule has 1 aromatic carbocycles. The van der Waals surface area contributed by atoms with Crippen molar-refractivity contribution in [2.75, 3.05) is 18.5 Å². The van der Waals surface area contributed by atoms with Crippen molar-refractivity contribution in [2.24, 2.45) is 0 Å². The number of nitrogens with zero attached hydrogens (tertiary/aromatic N) is 1. The number of hydrogen-bond donors (Lipinski definition) is 3. The molecule has 6 heteroatoms. The second kappa shape index (κ2) is 7.19. The van der Waals surface area contributed by atoms with E-state index in [0.29, 0.717) is 5.56 Å². The minimum absolute atomic E-state index is 0.0584. The topological polar surface area (TPSA) is 74.2 Å². The zero-order valence-corrected chi connectivity index (χ0v) is 12.9. The van der Waals surface area contributed by atoms with Crippen molar-refractivity contribution in [1.29, 1.82) is 0 Å². The fourth-order valence-corrected chi connectivity index (χ4v) is 2.84. The lowest BCUT2D eigenvalue weighted by Gasteiger charge is -2.14. The molecular weight excluding hydrogens is 286 g/mol. The van der Waals surface area contributed by atoms with Gasteiger partial charge in [0.05, 0.1) is 23.9 Å². The van der Waals surface area contributed by atoms with E-state index in [1.807, 2.05) is 24.6 Å². The van der Waals surface area contributed by atoms with Gasteiger partial charge in [0, 0.05) is 22.7 Å². The summed E-state index contributed by atoms with van der Waals surface area (Å²) in [6.07, 6.45) is 0. The van der Waals surface area contributed by atoms with E-state index >= 15 is 0 Å². The van der Waals surface area contributed by atoms with E-state index in [-0.39, 0.29) is 25.1 Å². The van der Waals surface area contributed by atoms with E-state index in [0.717, 1.165) is 11.4 Å². The second-order valence-electron chi connectivity index (χ2n) is 4.72. The van der Waals surface area contributed by atoms with Gasteiger partial charge in [0.2, 0.25) is 0 Å². The van der Waals surface area contributed by atoms with Crippen LogP contribution in [-0.2, 0) is 0 Å². The largest absolute Gasteiger partial charge is 0.395 e. The quantitative estimate of drug-likeness (QED) is 0.766. The lowest BCUT2D eigenvalue weighted by atomic mass is 10.1. The number of carbonyl (C=O) groups is 1. The van der Waals surface area contributed by atoms with Gasteiger partial charge in [-0.3, -0.25) is 4.79 Å². The second-order valence-corrected chi connectivity index (χ2v) is 5.61. The summed E-state index contributed by atoms with van der Waals surface area (Å²) in [5.41, 5.74) is 4.42. The molecule has 0 spiro atoms. The van der Waals surface area contributed by atoms with E-state index in [1.165, 1.54) is 4.88 Å². The summed E-state index contributed by atoms with van der Waals surface area (Å²) in [6.45, 7) is 4.29. The Kier molecular flexibility index (Phi) is 5.30. The standard InChI is InChI=1S/C15H19N3O2S/c1-10-14(21-9-17-10)11(2)18-13-5-3-12(4-6-13)15(20)16-7-8-19/h3-6,9,11,18-19H,7-8H2,1-2H3,(H,16,20). The molecule has 2 aromatic rings. The van der Waals surface area contributed by atoms with Gasteiger partial charge in [-0.15, -0.1) is 11.3 Å². The van der Waals surface area contributed by atoms with Crippen molar-refractivity contribution in [3.05, 3.63) is 45.9 Å². The monoisotopic (exact) mass is 305 g/mol. The van der Waals surface area contributed by atoms with E-state index < -0.39 is 0 Å². The molecule has 0 radical (unpaired) electrons. The predicted molar refractivity (Wildman–Crippen MR) is 84.7 cm³/mol. The summed E-state index contributed by atoms with van der Waals surface area (Å²) in [6, 6.07) is 7.45. The number of aliphatic hydroxyl groups is 1. The first-order valence-electron chi connectivity index (χ1n) is 6.77. The number of carbonyl (C=O) groups excluding carboxylic acids is 1. The van der Waals surface area contributed by atoms with Gasteiger partial charge in [-0.25, -0.2) is 4.98 Å². The van der Waals surface area contributed by atoms with Crippen molar-refractivity contribution < 1.29 is 9.90 Å². The zero-order valence-electron chi connectivity index (χ0n) is 12.1. The van der Waals surface area contributed by atoms with Crippen LogP contribution in [0.4, 0.5) is 5.69 Å². The smallest absolute Gasteiger partial charge is 0.251 e. The third kappa shape index (κ3) is 4.03. The van der Waals surface area contributed by atoms with Crippen LogP contribution in [0.25, 0.3) is 0 Å². The Morgan fingerprint density at radius 3 is 2.67 bits per heavy atom. The molecule has 0 bridgehead atoms. The van der Waals surface area contributed by atoms with E-state index in [1.54, 1.807) is 23.5 Å². The van der Waals surface area contributed by atoms with Crippen LogP contribution in [0.5, 0.6) is 0 Å². The number of anilines is 1. The highest BCUT2D eigenvalue weighted by Crippen LogP contribution is 2.25. The Balaban J connectivity index is 1.99. The van der Waals surface area contributed by atoms with Gasteiger partial charge >= 0.3 is 0 Å². The molecule has 21 heavy (non-hydrogen) atoms.